The average Bonchev–Trinajstić information content (AvgIpc) is 3.22. The minimum absolute atomic E-state index is 0.459. The number of fused-ring (bicyclic) bond motifs is 1. The summed E-state index contributed by atoms with van der Waals surface area (Å²) < 4.78 is 0. The predicted octanol–water partition coefficient (Wildman–Crippen LogP) is 2.78. The summed E-state index contributed by atoms with van der Waals surface area (Å²) in [5.41, 5.74) is 2.15. The largest absolute Gasteiger partial charge is 0.357 e. The van der Waals surface area contributed by atoms with Gasteiger partial charge in [-0.3, -0.25) is 9.89 Å². The van der Waals surface area contributed by atoms with Crippen molar-refractivity contribution >= 4 is 17.0 Å². The number of nitrogens with zero attached hydrogens (tertiary/aromatic N) is 3. The maximum Gasteiger partial charge on any atom is 0.191 e. The lowest BCUT2D eigenvalue weighted by Gasteiger charge is -2.21. The molecule has 0 amide bonds. The van der Waals surface area contributed by atoms with Gasteiger partial charge in [-0.15, -0.1) is 0 Å². The quantitative estimate of drug-likeness (QED) is 0.398. The molecule has 6 nitrogen and oxygen atoms in total. The first kappa shape index (κ1) is 19.7. The number of guanidine groups is 1. The molecule has 1 aliphatic rings. The van der Waals surface area contributed by atoms with Crippen molar-refractivity contribution in [3.05, 3.63) is 30.1 Å². The Morgan fingerprint density at radius 1 is 1.33 bits per heavy atom. The summed E-state index contributed by atoms with van der Waals surface area (Å²) >= 11 is 0. The van der Waals surface area contributed by atoms with Gasteiger partial charge in [-0.1, -0.05) is 19.1 Å². The maximum atomic E-state index is 4.78. The van der Waals surface area contributed by atoms with Gasteiger partial charge >= 0.3 is 0 Å². The highest BCUT2D eigenvalue weighted by Gasteiger charge is 2.31. The number of aryl methyl sites for hydroxylation is 1. The van der Waals surface area contributed by atoms with E-state index in [4.69, 9.17) is 4.99 Å². The summed E-state index contributed by atoms with van der Waals surface area (Å²) in [6.07, 6.45) is 1.90. The van der Waals surface area contributed by atoms with Crippen LogP contribution in [0.15, 0.2) is 29.3 Å². The van der Waals surface area contributed by atoms with Crippen molar-refractivity contribution in [1.82, 2.24) is 25.5 Å². The smallest absolute Gasteiger partial charge is 0.191 e. The Morgan fingerprint density at radius 2 is 2.15 bits per heavy atom. The number of benzene rings is 1. The second kappa shape index (κ2) is 9.22. The first-order chi connectivity index (χ1) is 13.1. The van der Waals surface area contributed by atoms with E-state index in [1.807, 2.05) is 18.2 Å². The van der Waals surface area contributed by atoms with E-state index in [1.54, 1.807) is 0 Å². The molecule has 1 aromatic heterocycles. The Kier molecular flexibility index (Phi) is 6.72. The molecule has 0 bridgehead atoms. The molecule has 1 aliphatic heterocycles. The number of hydrogen-bond donors (Lipinski definition) is 3. The zero-order valence-electron chi connectivity index (χ0n) is 17.1. The molecule has 1 saturated heterocycles. The molecule has 0 spiro atoms. The molecule has 0 aliphatic carbocycles. The molecule has 2 unspecified atom stereocenters. The molecular weight excluding hydrogens is 336 g/mol. The van der Waals surface area contributed by atoms with E-state index in [9.17, 15) is 0 Å². The minimum Gasteiger partial charge on any atom is -0.357 e. The Hall–Kier alpha value is -2.08. The van der Waals surface area contributed by atoms with Gasteiger partial charge < -0.3 is 15.6 Å². The van der Waals surface area contributed by atoms with E-state index in [2.05, 4.69) is 59.3 Å². The average molecular weight is 371 g/mol. The van der Waals surface area contributed by atoms with Gasteiger partial charge in [-0.25, -0.2) is 4.98 Å². The summed E-state index contributed by atoms with van der Waals surface area (Å²) in [4.78, 5) is 15.4. The highest BCUT2D eigenvalue weighted by molar-refractivity contribution is 5.80. The van der Waals surface area contributed by atoms with E-state index in [0.29, 0.717) is 18.0 Å². The van der Waals surface area contributed by atoms with Crippen LogP contribution in [-0.4, -0.2) is 59.1 Å². The molecule has 6 heteroatoms. The number of likely N-dealkylation sites (tertiary alicyclic amines) is 1. The number of rotatable bonds is 7. The first-order valence-corrected chi connectivity index (χ1v) is 10.3. The SMILES string of the molecule is CCNC(=NCCCc1nc2ccccc2[nH]1)NC1CN(C(C)C)CC1C. The molecule has 1 fully saturated rings. The van der Waals surface area contributed by atoms with Crippen LogP contribution < -0.4 is 10.6 Å². The van der Waals surface area contributed by atoms with Crippen molar-refractivity contribution in [3.8, 4) is 0 Å². The second-order valence-corrected chi connectivity index (χ2v) is 7.84. The lowest BCUT2D eigenvalue weighted by atomic mass is 10.1. The molecule has 0 radical (unpaired) electrons. The molecule has 27 heavy (non-hydrogen) atoms. The van der Waals surface area contributed by atoms with Gasteiger partial charge in [0.05, 0.1) is 11.0 Å². The van der Waals surface area contributed by atoms with Crippen molar-refractivity contribution in [2.45, 2.75) is 52.6 Å². The summed E-state index contributed by atoms with van der Waals surface area (Å²) in [6.45, 7) is 12.9. The third kappa shape index (κ3) is 5.22. The molecule has 0 saturated carbocycles. The number of hydrogen-bond acceptors (Lipinski definition) is 3. The standard InChI is InChI=1S/C21H34N6/c1-5-22-21(26-19-14-27(15(2)3)13-16(19)4)23-12-8-11-20-24-17-9-6-7-10-18(17)25-20/h6-7,9-10,15-16,19H,5,8,11-14H2,1-4H3,(H,24,25)(H2,22,23,26). The van der Waals surface area contributed by atoms with E-state index >= 15 is 0 Å². The summed E-state index contributed by atoms with van der Waals surface area (Å²) in [7, 11) is 0. The Balaban J connectivity index is 1.51. The number of para-hydroxylation sites is 2. The number of aromatic nitrogens is 2. The maximum absolute atomic E-state index is 4.78. The van der Waals surface area contributed by atoms with Crippen LogP contribution in [0.25, 0.3) is 11.0 Å². The lowest BCUT2D eigenvalue weighted by molar-refractivity contribution is 0.265. The summed E-state index contributed by atoms with van der Waals surface area (Å²) in [5.74, 6) is 2.61. The number of H-pyrrole nitrogens is 1. The molecule has 2 atom stereocenters. The van der Waals surface area contributed by atoms with Crippen LogP contribution in [0.2, 0.25) is 0 Å². The van der Waals surface area contributed by atoms with Gasteiger partial charge in [-0.05, 0) is 45.2 Å². The van der Waals surface area contributed by atoms with Crippen molar-refractivity contribution in [1.29, 1.82) is 0 Å². The van der Waals surface area contributed by atoms with Crippen molar-refractivity contribution in [2.24, 2.45) is 10.9 Å². The lowest BCUT2D eigenvalue weighted by Crippen LogP contribution is -2.46. The van der Waals surface area contributed by atoms with E-state index < -0.39 is 0 Å². The summed E-state index contributed by atoms with van der Waals surface area (Å²) in [6, 6.07) is 9.23. The minimum atomic E-state index is 0.459. The molecule has 1 aromatic carbocycles. The van der Waals surface area contributed by atoms with Gasteiger partial charge in [0.1, 0.15) is 5.82 Å². The monoisotopic (exact) mass is 370 g/mol. The molecule has 148 valence electrons. The predicted molar refractivity (Wildman–Crippen MR) is 113 cm³/mol. The molecule has 3 N–H and O–H groups in total. The van der Waals surface area contributed by atoms with Gasteiger partial charge in [-0.2, -0.15) is 0 Å². The van der Waals surface area contributed by atoms with E-state index in [1.165, 1.54) is 0 Å². The van der Waals surface area contributed by atoms with Crippen LogP contribution in [0.5, 0.6) is 0 Å². The highest BCUT2D eigenvalue weighted by atomic mass is 15.3. The third-order valence-corrected chi connectivity index (χ3v) is 5.32. The number of aromatic amines is 1. The molecule has 2 aromatic rings. The Morgan fingerprint density at radius 3 is 2.85 bits per heavy atom. The summed E-state index contributed by atoms with van der Waals surface area (Å²) in [5, 5.41) is 7.04. The van der Waals surface area contributed by atoms with Crippen molar-refractivity contribution in [3.63, 3.8) is 0 Å². The molecule has 3 rings (SSSR count). The van der Waals surface area contributed by atoms with Crippen LogP contribution >= 0.6 is 0 Å². The second-order valence-electron chi connectivity index (χ2n) is 7.84. The fourth-order valence-electron chi connectivity index (χ4n) is 3.67. The van der Waals surface area contributed by atoms with Crippen LogP contribution in [0, 0.1) is 5.92 Å². The zero-order chi connectivity index (χ0) is 19.2. The van der Waals surface area contributed by atoms with E-state index in [0.717, 1.165) is 61.8 Å². The van der Waals surface area contributed by atoms with Gasteiger partial charge in [0, 0.05) is 44.7 Å². The third-order valence-electron chi connectivity index (χ3n) is 5.32. The van der Waals surface area contributed by atoms with Crippen LogP contribution in [0.4, 0.5) is 0 Å². The Bertz CT molecular complexity index is 717. The zero-order valence-corrected chi connectivity index (χ0v) is 17.1. The fourth-order valence-corrected chi connectivity index (χ4v) is 3.67. The fraction of sp³-hybridized carbons (Fsp3) is 0.619. The Labute approximate surface area is 162 Å². The number of imidazole rings is 1. The van der Waals surface area contributed by atoms with Crippen LogP contribution in [0.3, 0.4) is 0 Å². The normalized spacial score (nSPS) is 21.3. The highest BCUT2D eigenvalue weighted by Crippen LogP contribution is 2.18. The van der Waals surface area contributed by atoms with Crippen molar-refractivity contribution in [2.75, 3.05) is 26.2 Å². The number of nitrogens with one attached hydrogen (secondary N) is 3. The van der Waals surface area contributed by atoms with E-state index in [-0.39, 0.29) is 0 Å². The van der Waals surface area contributed by atoms with Crippen LogP contribution in [-0.2, 0) is 6.42 Å². The molecular formula is C21H34N6. The first-order valence-electron chi connectivity index (χ1n) is 10.3. The number of aliphatic imine (C=N–C) groups is 1. The van der Waals surface area contributed by atoms with Crippen LogP contribution in [0.1, 0.15) is 39.9 Å². The van der Waals surface area contributed by atoms with Gasteiger partial charge in [0.25, 0.3) is 0 Å². The van der Waals surface area contributed by atoms with Gasteiger partial charge in [0.2, 0.25) is 0 Å². The molecule has 2 heterocycles. The topological polar surface area (TPSA) is 68.3 Å². The van der Waals surface area contributed by atoms with Gasteiger partial charge in [0.15, 0.2) is 5.96 Å². The van der Waals surface area contributed by atoms with Crippen molar-refractivity contribution < 1.29 is 0 Å².